The van der Waals surface area contributed by atoms with Gasteiger partial charge in [-0.25, -0.2) is 0 Å². The van der Waals surface area contributed by atoms with Crippen molar-refractivity contribution in [3.05, 3.63) is 35.9 Å². The first-order valence-electron chi connectivity index (χ1n) is 8.82. The third-order valence-corrected chi connectivity index (χ3v) is 4.71. The van der Waals surface area contributed by atoms with Gasteiger partial charge in [-0.1, -0.05) is 30.3 Å². The Morgan fingerprint density at radius 1 is 1.28 bits per heavy atom. The van der Waals surface area contributed by atoms with Crippen molar-refractivity contribution < 1.29 is 14.3 Å². The number of carbonyl (C=O) groups is 1. The van der Waals surface area contributed by atoms with Crippen LogP contribution >= 0.6 is 12.4 Å². The maximum atomic E-state index is 12.6. The van der Waals surface area contributed by atoms with Gasteiger partial charge >= 0.3 is 0 Å². The molecule has 1 amide bonds. The molecule has 1 heterocycles. The summed E-state index contributed by atoms with van der Waals surface area (Å²) in [4.78, 5) is 12.6. The monoisotopic (exact) mass is 370 g/mol. The third kappa shape index (κ3) is 6.59. The van der Waals surface area contributed by atoms with Crippen molar-refractivity contribution >= 4 is 18.3 Å². The smallest absolute Gasteiger partial charge is 0.228 e. The van der Waals surface area contributed by atoms with Gasteiger partial charge in [0.1, 0.15) is 0 Å². The van der Waals surface area contributed by atoms with Gasteiger partial charge in [0.15, 0.2) is 0 Å². The molecule has 1 aromatic rings. The van der Waals surface area contributed by atoms with Gasteiger partial charge in [-0.2, -0.15) is 0 Å². The molecule has 1 atom stereocenters. The zero-order chi connectivity index (χ0) is 17.3. The van der Waals surface area contributed by atoms with E-state index in [9.17, 15) is 4.79 Å². The van der Waals surface area contributed by atoms with Crippen LogP contribution in [0.1, 0.15) is 37.9 Å². The highest BCUT2D eigenvalue weighted by Crippen LogP contribution is 2.29. The van der Waals surface area contributed by atoms with E-state index in [1.165, 1.54) is 5.56 Å². The molecule has 25 heavy (non-hydrogen) atoms. The van der Waals surface area contributed by atoms with Crippen LogP contribution in [0.15, 0.2) is 30.3 Å². The first kappa shape index (κ1) is 21.9. The molecule has 0 spiro atoms. The van der Waals surface area contributed by atoms with Crippen LogP contribution in [0.5, 0.6) is 0 Å². The fourth-order valence-corrected chi connectivity index (χ4v) is 3.16. The number of methoxy groups -OCH3 is 1. The molecular formula is C19H31ClN2O3. The van der Waals surface area contributed by atoms with E-state index in [2.05, 4.69) is 29.7 Å². The minimum atomic E-state index is -0.377. The molecule has 1 unspecified atom stereocenters. The zero-order valence-corrected chi connectivity index (χ0v) is 16.1. The highest BCUT2D eigenvalue weighted by molar-refractivity contribution is 5.85. The molecule has 0 radical (unpaired) electrons. The highest BCUT2D eigenvalue weighted by atomic mass is 35.5. The summed E-state index contributed by atoms with van der Waals surface area (Å²) >= 11 is 0. The Morgan fingerprint density at radius 2 is 1.96 bits per heavy atom. The number of nitrogens with one attached hydrogen (secondary N) is 2. The van der Waals surface area contributed by atoms with Gasteiger partial charge in [-0.05, 0) is 44.8 Å². The molecule has 0 aromatic heterocycles. The van der Waals surface area contributed by atoms with E-state index in [-0.39, 0.29) is 29.8 Å². The van der Waals surface area contributed by atoms with Gasteiger partial charge in [-0.15, -0.1) is 12.4 Å². The molecule has 1 fully saturated rings. The van der Waals surface area contributed by atoms with Crippen LogP contribution in [-0.4, -0.2) is 45.9 Å². The lowest BCUT2D eigenvalue weighted by Crippen LogP contribution is -2.50. The van der Waals surface area contributed by atoms with Crippen LogP contribution in [0.3, 0.4) is 0 Å². The number of ether oxygens (including phenoxy) is 2. The second kappa shape index (κ2) is 11.5. The van der Waals surface area contributed by atoms with E-state index in [0.717, 1.165) is 32.4 Å². The van der Waals surface area contributed by atoms with Crippen molar-refractivity contribution in [1.82, 2.24) is 10.6 Å². The fourth-order valence-electron chi connectivity index (χ4n) is 3.16. The predicted octanol–water partition coefficient (Wildman–Crippen LogP) is 2.71. The Kier molecular flexibility index (Phi) is 10.0. The van der Waals surface area contributed by atoms with Crippen molar-refractivity contribution in [1.29, 1.82) is 0 Å². The quantitative estimate of drug-likeness (QED) is 0.656. The summed E-state index contributed by atoms with van der Waals surface area (Å²) in [5.74, 6) is 0.113. The van der Waals surface area contributed by atoms with Crippen LogP contribution in [0, 0.1) is 5.41 Å². The third-order valence-electron chi connectivity index (χ3n) is 4.71. The standard InChI is InChI=1S/C19H30N2O3.ClH/c1-16(17-7-4-3-5-8-17)24-14-6-11-21-18(22)19(15-23-2)9-12-20-13-10-19;/h3-5,7-8,16,20H,6,9-15H2,1-2H3,(H,21,22);1H. The SMILES string of the molecule is COCC1(C(=O)NCCCOC(C)c2ccccc2)CCNCC1.Cl. The second-order valence-corrected chi connectivity index (χ2v) is 6.50. The summed E-state index contributed by atoms with van der Waals surface area (Å²) in [7, 11) is 1.66. The second-order valence-electron chi connectivity index (χ2n) is 6.50. The van der Waals surface area contributed by atoms with E-state index in [1.54, 1.807) is 7.11 Å². The molecule has 1 aromatic carbocycles. The van der Waals surface area contributed by atoms with Crippen LogP contribution in [0.25, 0.3) is 0 Å². The van der Waals surface area contributed by atoms with Gasteiger partial charge in [0, 0.05) is 20.3 Å². The molecule has 0 bridgehead atoms. The van der Waals surface area contributed by atoms with Crippen molar-refractivity contribution in [2.75, 3.05) is 40.0 Å². The average molecular weight is 371 g/mol. The van der Waals surface area contributed by atoms with E-state index in [4.69, 9.17) is 9.47 Å². The lowest BCUT2D eigenvalue weighted by molar-refractivity contribution is -0.136. The number of hydrogen-bond acceptors (Lipinski definition) is 4. The Bertz CT molecular complexity index is 487. The van der Waals surface area contributed by atoms with Crippen LogP contribution in [0.2, 0.25) is 0 Å². The van der Waals surface area contributed by atoms with Crippen LogP contribution in [-0.2, 0) is 14.3 Å². The van der Waals surface area contributed by atoms with Crippen molar-refractivity contribution in [2.24, 2.45) is 5.41 Å². The summed E-state index contributed by atoms with van der Waals surface area (Å²) in [6.07, 6.45) is 2.54. The zero-order valence-electron chi connectivity index (χ0n) is 15.3. The first-order chi connectivity index (χ1) is 11.7. The Morgan fingerprint density at radius 3 is 2.60 bits per heavy atom. The summed E-state index contributed by atoms with van der Waals surface area (Å²) in [5, 5.41) is 6.37. The number of carbonyl (C=O) groups excluding carboxylic acids is 1. The van der Waals surface area contributed by atoms with E-state index >= 15 is 0 Å². The Balaban J connectivity index is 0.00000312. The number of hydrogen-bond donors (Lipinski definition) is 2. The summed E-state index contributed by atoms with van der Waals surface area (Å²) < 4.78 is 11.1. The van der Waals surface area contributed by atoms with Gasteiger partial charge in [-0.3, -0.25) is 4.79 Å². The number of rotatable bonds is 9. The topological polar surface area (TPSA) is 59.6 Å². The normalized spacial score (nSPS) is 17.4. The molecule has 1 aliphatic rings. The number of benzene rings is 1. The molecule has 2 rings (SSSR count). The fraction of sp³-hybridized carbons (Fsp3) is 0.632. The van der Waals surface area contributed by atoms with E-state index < -0.39 is 0 Å². The van der Waals surface area contributed by atoms with Crippen molar-refractivity contribution in [3.63, 3.8) is 0 Å². The molecule has 5 nitrogen and oxygen atoms in total. The Hall–Kier alpha value is -1.14. The van der Waals surface area contributed by atoms with E-state index in [1.807, 2.05) is 18.2 Å². The summed E-state index contributed by atoms with van der Waals surface area (Å²) in [6, 6.07) is 10.2. The molecule has 0 aliphatic carbocycles. The van der Waals surface area contributed by atoms with E-state index in [0.29, 0.717) is 19.8 Å². The minimum Gasteiger partial charge on any atom is -0.384 e. The molecule has 1 aliphatic heterocycles. The maximum absolute atomic E-state index is 12.6. The summed E-state index contributed by atoms with van der Waals surface area (Å²) in [6.45, 7) is 5.55. The molecule has 0 saturated carbocycles. The number of halogens is 1. The molecule has 142 valence electrons. The summed E-state index contributed by atoms with van der Waals surface area (Å²) in [5.41, 5.74) is 0.799. The first-order valence-corrected chi connectivity index (χ1v) is 8.82. The van der Waals surface area contributed by atoms with Gasteiger partial charge in [0.25, 0.3) is 0 Å². The lowest BCUT2D eigenvalue weighted by Gasteiger charge is -2.35. The van der Waals surface area contributed by atoms with Crippen molar-refractivity contribution in [3.8, 4) is 0 Å². The minimum absolute atomic E-state index is 0. The average Bonchev–Trinajstić information content (AvgIpc) is 2.63. The van der Waals surface area contributed by atoms with Crippen LogP contribution in [0.4, 0.5) is 0 Å². The maximum Gasteiger partial charge on any atom is 0.228 e. The highest BCUT2D eigenvalue weighted by Gasteiger charge is 2.39. The number of amides is 1. The van der Waals surface area contributed by atoms with Gasteiger partial charge in [0.2, 0.25) is 5.91 Å². The molecule has 1 saturated heterocycles. The van der Waals surface area contributed by atoms with Crippen LogP contribution < -0.4 is 10.6 Å². The molecular weight excluding hydrogens is 340 g/mol. The van der Waals surface area contributed by atoms with Gasteiger partial charge < -0.3 is 20.1 Å². The number of piperidine rings is 1. The van der Waals surface area contributed by atoms with Crippen molar-refractivity contribution in [2.45, 2.75) is 32.3 Å². The molecule has 2 N–H and O–H groups in total. The largest absolute Gasteiger partial charge is 0.384 e. The predicted molar refractivity (Wildman–Crippen MR) is 102 cm³/mol. The lowest BCUT2D eigenvalue weighted by atomic mass is 9.78. The Labute approximate surface area is 157 Å². The molecule has 6 heteroatoms. The van der Waals surface area contributed by atoms with Gasteiger partial charge in [0.05, 0.1) is 18.1 Å².